The van der Waals surface area contributed by atoms with Crippen molar-refractivity contribution < 1.29 is 4.42 Å². The third-order valence-electron chi connectivity index (χ3n) is 7.18. The van der Waals surface area contributed by atoms with Gasteiger partial charge in [-0.3, -0.25) is 4.98 Å². The van der Waals surface area contributed by atoms with Crippen molar-refractivity contribution in [1.82, 2.24) is 24.9 Å². The molecule has 0 saturated heterocycles. The number of hydrogen-bond donors (Lipinski definition) is 0. The summed E-state index contributed by atoms with van der Waals surface area (Å²) in [7, 11) is 0. The van der Waals surface area contributed by atoms with Crippen molar-refractivity contribution in [2.45, 2.75) is 0 Å². The van der Waals surface area contributed by atoms with E-state index in [2.05, 4.69) is 24.3 Å². The number of rotatable bonds is 4. The minimum Gasteiger partial charge on any atom is -0.438 e. The van der Waals surface area contributed by atoms with Gasteiger partial charge in [0.1, 0.15) is 5.58 Å². The Morgan fingerprint density at radius 3 is 1.88 bits per heavy atom. The zero-order chi connectivity index (χ0) is 27.2. The van der Waals surface area contributed by atoms with Gasteiger partial charge in [-0.05, 0) is 36.4 Å². The van der Waals surface area contributed by atoms with Crippen molar-refractivity contribution in [2.75, 3.05) is 0 Å². The van der Waals surface area contributed by atoms with Gasteiger partial charge in [-0.15, -0.1) is 0 Å². The molecular formula is C35H21N5O. The van der Waals surface area contributed by atoms with Crippen LogP contribution in [0.1, 0.15) is 0 Å². The van der Waals surface area contributed by atoms with Gasteiger partial charge in [-0.25, -0.2) is 19.9 Å². The standard InChI is InChI=1S/C35H21N5O/c1-3-10-22(11-4-1)32-38-33(23-12-5-2-6-13-23)40-34(39-32)25-20-24-14-9-19-36-31(24)28(21-25)29-18-17-27-26-15-7-8-16-30(26)41-35(27)37-29/h1-21H. The molecule has 0 radical (unpaired) electrons. The molecule has 0 fully saturated rings. The van der Waals surface area contributed by atoms with E-state index in [4.69, 9.17) is 29.3 Å². The lowest BCUT2D eigenvalue weighted by Gasteiger charge is -2.11. The maximum atomic E-state index is 6.11. The predicted molar refractivity (Wildman–Crippen MR) is 162 cm³/mol. The first kappa shape index (κ1) is 23.2. The third kappa shape index (κ3) is 4.10. The molecule has 6 heteroatoms. The van der Waals surface area contributed by atoms with Gasteiger partial charge in [0.2, 0.25) is 5.71 Å². The van der Waals surface area contributed by atoms with Crippen LogP contribution in [0, 0.1) is 0 Å². The van der Waals surface area contributed by atoms with Gasteiger partial charge >= 0.3 is 0 Å². The Morgan fingerprint density at radius 2 is 1.15 bits per heavy atom. The van der Waals surface area contributed by atoms with Crippen LogP contribution < -0.4 is 0 Å². The summed E-state index contributed by atoms with van der Waals surface area (Å²) in [6, 6.07) is 40.1. The topological polar surface area (TPSA) is 77.6 Å². The Balaban J connectivity index is 1.35. The van der Waals surface area contributed by atoms with Crippen LogP contribution in [0.15, 0.2) is 132 Å². The molecule has 41 heavy (non-hydrogen) atoms. The molecule has 0 amide bonds. The highest BCUT2D eigenvalue weighted by Gasteiger charge is 2.17. The molecule has 8 rings (SSSR count). The van der Waals surface area contributed by atoms with Crippen LogP contribution in [0.4, 0.5) is 0 Å². The Kier molecular flexibility index (Phi) is 5.35. The minimum atomic E-state index is 0.578. The van der Waals surface area contributed by atoms with Gasteiger partial charge in [-0.2, -0.15) is 0 Å². The molecule has 192 valence electrons. The number of benzene rings is 4. The summed E-state index contributed by atoms with van der Waals surface area (Å²) >= 11 is 0. The van der Waals surface area contributed by atoms with Crippen molar-refractivity contribution in [3.8, 4) is 45.4 Å². The van der Waals surface area contributed by atoms with Crippen molar-refractivity contribution in [1.29, 1.82) is 0 Å². The van der Waals surface area contributed by atoms with Crippen molar-refractivity contribution in [3.63, 3.8) is 0 Å². The number of nitrogens with zero attached hydrogens (tertiary/aromatic N) is 5. The van der Waals surface area contributed by atoms with E-state index in [0.717, 1.165) is 55.2 Å². The zero-order valence-electron chi connectivity index (χ0n) is 21.8. The van der Waals surface area contributed by atoms with Gasteiger partial charge in [0.05, 0.1) is 11.2 Å². The summed E-state index contributed by atoms with van der Waals surface area (Å²) < 4.78 is 6.11. The average Bonchev–Trinajstić information content (AvgIpc) is 3.43. The number of para-hydroxylation sites is 1. The van der Waals surface area contributed by atoms with E-state index in [0.29, 0.717) is 23.2 Å². The highest BCUT2D eigenvalue weighted by Crippen LogP contribution is 2.35. The van der Waals surface area contributed by atoms with Crippen LogP contribution in [0.25, 0.3) is 78.4 Å². The second-order valence-corrected chi connectivity index (χ2v) is 9.78. The van der Waals surface area contributed by atoms with Gasteiger partial charge in [0, 0.05) is 44.6 Å². The molecule has 0 unspecified atom stereocenters. The van der Waals surface area contributed by atoms with Crippen LogP contribution in [0.3, 0.4) is 0 Å². The number of hydrogen-bond acceptors (Lipinski definition) is 6. The lowest BCUT2D eigenvalue weighted by Crippen LogP contribution is -2.00. The predicted octanol–water partition coefficient (Wildman–Crippen LogP) is 8.38. The van der Waals surface area contributed by atoms with Crippen molar-refractivity contribution in [2.24, 2.45) is 0 Å². The molecule has 0 aliphatic carbocycles. The molecule has 0 atom stereocenters. The smallest absolute Gasteiger partial charge is 0.227 e. The molecule has 8 aromatic rings. The molecule has 0 spiro atoms. The maximum Gasteiger partial charge on any atom is 0.227 e. The number of furan rings is 1. The Hall–Kier alpha value is -5.75. The fraction of sp³-hybridized carbons (Fsp3) is 0. The molecular weight excluding hydrogens is 506 g/mol. The van der Waals surface area contributed by atoms with Crippen LogP contribution in [0.5, 0.6) is 0 Å². The first-order valence-electron chi connectivity index (χ1n) is 13.3. The van der Waals surface area contributed by atoms with E-state index in [9.17, 15) is 0 Å². The SMILES string of the molecule is c1ccc(-c2nc(-c3ccccc3)nc(-c3cc(-c4ccc5c(n4)oc4ccccc45)c4ncccc4c3)n2)cc1. The molecule has 0 saturated carbocycles. The molecule has 0 aliphatic rings. The Bertz CT molecular complexity index is 2150. The molecule has 4 aromatic carbocycles. The summed E-state index contributed by atoms with van der Waals surface area (Å²) in [4.78, 5) is 24.4. The average molecular weight is 528 g/mol. The molecule has 0 aliphatic heterocycles. The van der Waals surface area contributed by atoms with Crippen LogP contribution in [-0.2, 0) is 0 Å². The number of pyridine rings is 2. The summed E-state index contributed by atoms with van der Waals surface area (Å²) in [5, 5.41) is 3.00. The monoisotopic (exact) mass is 527 g/mol. The molecule has 4 aromatic heterocycles. The third-order valence-corrected chi connectivity index (χ3v) is 7.18. The first-order valence-corrected chi connectivity index (χ1v) is 13.3. The lowest BCUT2D eigenvalue weighted by atomic mass is 10.0. The Morgan fingerprint density at radius 1 is 0.488 bits per heavy atom. The van der Waals surface area contributed by atoms with E-state index in [1.807, 2.05) is 97.1 Å². The van der Waals surface area contributed by atoms with Crippen LogP contribution >= 0.6 is 0 Å². The molecule has 0 N–H and O–H groups in total. The zero-order valence-corrected chi connectivity index (χ0v) is 21.8. The van der Waals surface area contributed by atoms with E-state index in [-0.39, 0.29) is 0 Å². The molecule has 0 bridgehead atoms. The van der Waals surface area contributed by atoms with Gasteiger partial charge < -0.3 is 4.42 Å². The second kappa shape index (κ2) is 9.47. The highest BCUT2D eigenvalue weighted by molar-refractivity contribution is 6.05. The van der Waals surface area contributed by atoms with Crippen LogP contribution in [0.2, 0.25) is 0 Å². The van der Waals surface area contributed by atoms with E-state index >= 15 is 0 Å². The van der Waals surface area contributed by atoms with Crippen LogP contribution in [-0.4, -0.2) is 24.9 Å². The minimum absolute atomic E-state index is 0.578. The number of aromatic nitrogens is 5. The quantitative estimate of drug-likeness (QED) is 0.229. The van der Waals surface area contributed by atoms with Crippen molar-refractivity contribution >= 4 is 33.0 Å². The summed E-state index contributed by atoms with van der Waals surface area (Å²) in [6.07, 6.45) is 1.80. The second-order valence-electron chi connectivity index (χ2n) is 9.78. The summed E-state index contributed by atoms with van der Waals surface area (Å²) in [6.45, 7) is 0. The van der Waals surface area contributed by atoms with E-state index in [1.165, 1.54) is 0 Å². The largest absolute Gasteiger partial charge is 0.438 e. The molecule has 6 nitrogen and oxygen atoms in total. The van der Waals surface area contributed by atoms with E-state index < -0.39 is 0 Å². The fourth-order valence-corrected chi connectivity index (χ4v) is 5.21. The maximum absolute atomic E-state index is 6.11. The first-order chi connectivity index (χ1) is 20.3. The number of fused-ring (bicyclic) bond motifs is 4. The Labute approximate surface area is 235 Å². The van der Waals surface area contributed by atoms with Gasteiger partial charge in [0.25, 0.3) is 0 Å². The van der Waals surface area contributed by atoms with Crippen molar-refractivity contribution in [3.05, 3.63) is 128 Å². The summed E-state index contributed by atoms with van der Waals surface area (Å²) in [5.41, 5.74) is 6.60. The fourth-order valence-electron chi connectivity index (χ4n) is 5.21. The normalized spacial score (nSPS) is 11.4. The highest BCUT2D eigenvalue weighted by atomic mass is 16.3. The lowest BCUT2D eigenvalue weighted by molar-refractivity contribution is 0.654. The van der Waals surface area contributed by atoms with Gasteiger partial charge in [0.15, 0.2) is 17.5 Å². The molecule has 4 heterocycles. The van der Waals surface area contributed by atoms with E-state index in [1.54, 1.807) is 6.20 Å². The van der Waals surface area contributed by atoms with Gasteiger partial charge in [-0.1, -0.05) is 84.9 Å². The summed E-state index contributed by atoms with van der Waals surface area (Å²) in [5.74, 6) is 1.81.